The normalized spacial score (nSPS) is 16.9. The van der Waals surface area contributed by atoms with Crippen LogP contribution in [0.5, 0.6) is 0 Å². The average Bonchev–Trinajstić information content (AvgIpc) is 2.79. The molecule has 6 heteroatoms. The van der Waals surface area contributed by atoms with E-state index >= 15 is 0 Å². The lowest BCUT2D eigenvalue weighted by atomic mass is 9.77. The molecule has 0 saturated carbocycles. The maximum absolute atomic E-state index is 11.5. The van der Waals surface area contributed by atoms with Crippen molar-refractivity contribution in [1.82, 2.24) is 0 Å². The molecule has 0 heterocycles. The lowest BCUT2D eigenvalue weighted by Crippen LogP contribution is -2.13. The average molecular weight is 452 g/mol. The van der Waals surface area contributed by atoms with Gasteiger partial charge in [0.25, 0.3) is 0 Å². The van der Waals surface area contributed by atoms with E-state index in [4.69, 9.17) is 9.57 Å². The van der Waals surface area contributed by atoms with E-state index in [1.165, 1.54) is 11.1 Å². The predicted molar refractivity (Wildman–Crippen MR) is 128 cm³/mol. The second kappa shape index (κ2) is 10.7. The van der Waals surface area contributed by atoms with Crippen LogP contribution < -0.4 is 0 Å². The Morgan fingerprint density at radius 2 is 1.72 bits per heavy atom. The van der Waals surface area contributed by atoms with Gasteiger partial charge in [-0.1, -0.05) is 66.7 Å². The molecule has 32 heavy (non-hydrogen) atoms. The van der Waals surface area contributed by atoms with Gasteiger partial charge in [0, 0.05) is 0 Å². The first-order chi connectivity index (χ1) is 15.4. The number of aliphatic hydroxyl groups is 1. The van der Waals surface area contributed by atoms with Crippen LogP contribution in [0, 0.1) is 4.78 Å². The molecule has 0 amide bonds. The molecule has 1 aliphatic rings. The van der Waals surface area contributed by atoms with Gasteiger partial charge in [-0.3, -0.25) is 0 Å². The van der Waals surface area contributed by atoms with Crippen molar-refractivity contribution in [3.05, 3.63) is 94.5 Å². The number of aliphatic hydroxyl groups excluding tert-OH is 1. The summed E-state index contributed by atoms with van der Waals surface area (Å²) in [5.41, 5.74) is 7.68. The summed E-state index contributed by atoms with van der Waals surface area (Å²) in [6.45, 7) is 2.03. The van der Waals surface area contributed by atoms with E-state index in [0.717, 1.165) is 53.5 Å². The van der Waals surface area contributed by atoms with Gasteiger partial charge in [0.2, 0.25) is 0 Å². The minimum Gasteiger partial charge on any atom is -0.392 e. The van der Waals surface area contributed by atoms with E-state index in [1.54, 1.807) is 0 Å². The molecule has 3 aromatic rings. The van der Waals surface area contributed by atoms with Gasteiger partial charge in [-0.25, -0.2) is 8.99 Å². The van der Waals surface area contributed by atoms with Crippen molar-refractivity contribution in [3.8, 4) is 11.1 Å². The summed E-state index contributed by atoms with van der Waals surface area (Å²) in [5.74, 6) is 0.230. The Morgan fingerprint density at radius 1 is 1.00 bits per heavy atom. The quantitative estimate of drug-likeness (QED) is 0.471. The fourth-order valence-electron chi connectivity index (χ4n) is 4.59. The van der Waals surface area contributed by atoms with E-state index in [9.17, 15) is 13.9 Å². The molecule has 0 radical (unpaired) electrons. The Labute approximate surface area is 189 Å². The summed E-state index contributed by atoms with van der Waals surface area (Å²) in [7, 11) is -3.54. The van der Waals surface area contributed by atoms with Gasteiger partial charge in [-0.2, -0.15) is 0 Å². The number of fused-ring (bicyclic) bond motifs is 1. The monoisotopic (exact) mass is 451 g/mol. The van der Waals surface area contributed by atoms with Crippen LogP contribution in [0.25, 0.3) is 11.1 Å². The van der Waals surface area contributed by atoms with Gasteiger partial charge >= 0.3 is 0 Å². The lowest BCUT2D eigenvalue weighted by Gasteiger charge is -2.28. The molecule has 0 aliphatic heterocycles. The minimum atomic E-state index is -3.54. The Balaban J connectivity index is 0.00000141. The Hall–Kier alpha value is -2.80. The van der Waals surface area contributed by atoms with Crippen molar-refractivity contribution in [1.29, 1.82) is 4.78 Å². The number of nitrogens with one attached hydrogen (secondary N) is 1. The van der Waals surface area contributed by atoms with Crippen LogP contribution in [0.4, 0.5) is 0 Å². The number of benzene rings is 3. The predicted octanol–water partition coefficient (Wildman–Crippen LogP) is 5.34. The first-order valence-corrected chi connectivity index (χ1v) is 12.3. The van der Waals surface area contributed by atoms with Crippen molar-refractivity contribution < 1.29 is 18.7 Å². The number of carbonyl (C=O) groups excluding carboxylic acids is 1. The summed E-state index contributed by atoms with van der Waals surface area (Å²) in [5, 5.41) is 9.95. The standard InChI is InChI=1S/C25H27NO3S.CH2O/c26-30(28,29)17-19-7-4-6-18(12-19)13-21-10-5-11-22-14-23(16-27)24(15-25(21)22)20-8-2-1-3-9-20;1-2/h1-4,6-9,12,14-15,21,27H,5,10-11,13,16-17H2,(H2,26,28,29);1H2. The molecule has 5 nitrogen and oxygen atoms in total. The zero-order valence-corrected chi connectivity index (χ0v) is 18.8. The lowest BCUT2D eigenvalue weighted by molar-refractivity contribution is -0.0980. The summed E-state index contributed by atoms with van der Waals surface area (Å²) in [6.07, 6.45) is 4.10. The topological polar surface area (TPSA) is 98.5 Å². The summed E-state index contributed by atoms with van der Waals surface area (Å²) >= 11 is 0. The smallest absolute Gasteiger partial charge is 0.162 e. The highest BCUT2D eigenvalue weighted by atomic mass is 32.2. The molecular formula is C26H29NO4S. The van der Waals surface area contributed by atoms with Crippen LogP contribution in [0.2, 0.25) is 0 Å². The summed E-state index contributed by atoms with van der Waals surface area (Å²) < 4.78 is 28.1. The fourth-order valence-corrected chi connectivity index (χ4v) is 5.22. The Morgan fingerprint density at radius 3 is 2.41 bits per heavy atom. The highest BCUT2D eigenvalue weighted by Crippen LogP contribution is 2.38. The summed E-state index contributed by atoms with van der Waals surface area (Å²) in [4.78, 5) is 8.00. The third kappa shape index (κ3) is 5.91. The highest BCUT2D eigenvalue weighted by Gasteiger charge is 2.23. The molecule has 4 rings (SSSR count). The highest BCUT2D eigenvalue weighted by molar-refractivity contribution is 7.86. The third-order valence-electron chi connectivity index (χ3n) is 5.89. The van der Waals surface area contributed by atoms with E-state index < -0.39 is 10.0 Å². The van der Waals surface area contributed by atoms with E-state index in [2.05, 4.69) is 30.3 Å². The molecule has 2 unspecified atom stereocenters. The fraction of sp³-hybridized carbons (Fsp3) is 0.269. The maximum atomic E-state index is 11.5. The van der Waals surface area contributed by atoms with Gasteiger partial charge in [0.05, 0.1) is 12.4 Å². The van der Waals surface area contributed by atoms with Crippen LogP contribution in [0.15, 0.2) is 66.7 Å². The van der Waals surface area contributed by atoms with Crippen molar-refractivity contribution in [3.63, 3.8) is 0 Å². The van der Waals surface area contributed by atoms with Gasteiger partial charge in [0.15, 0.2) is 10.0 Å². The first-order valence-electron chi connectivity index (χ1n) is 10.6. The van der Waals surface area contributed by atoms with Gasteiger partial charge in [-0.15, -0.1) is 0 Å². The SMILES string of the molecule is C=O.N=S(=O)(O)Cc1cccc(CC2CCCc3cc(CO)c(-c4ccccc4)cc32)c1. The molecule has 0 spiro atoms. The molecule has 168 valence electrons. The Bertz CT molecular complexity index is 1160. The van der Waals surface area contributed by atoms with Gasteiger partial charge in [-0.05, 0) is 70.5 Å². The molecule has 0 saturated heterocycles. The minimum absolute atomic E-state index is 0.0256. The number of hydrogen-bond acceptors (Lipinski definition) is 4. The second-order valence-corrected chi connectivity index (χ2v) is 9.70. The molecular weight excluding hydrogens is 422 g/mol. The van der Waals surface area contributed by atoms with Crippen LogP contribution in [0.3, 0.4) is 0 Å². The third-order valence-corrected chi connectivity index (χ3v) is 6.62. The van der Waals surface area contributed by atoms with E-state index in [-0.39, 0.29) is 12.4 Å². The zero-order valence-electron chi connectivity index (χ0n) is 18.0. The van der Waals surface area contributed by atoms with Crippen LogP contribution >= 0.6 is 0 Å². The van der Waals surface area contributed by atoms with Crippen molar-refractivity contribution in [2.45, 2.75) is 44.0 Å². The molecule has 0 fully saturated rings. The van der Waals surface area contributed by atoms with Crippen molar-refractivity contribution in [2.24, 2.45) is 0 Å². The molecule has 0 bridgehead atoms. The van der Waals surface area contributed by atoms with Gasteiger partial charge in [0.1, 0.15) is 6.79 Å². The number of aryl methyl sites for hydroxylation is 1. The van der Waals surface area contributed by atoms with Crippen molar-refractivity contribution >= 4 is 16.8 Å². The second-order valence-electron chi connectivity index (χ2n) is 8.13. The molecule has 1 aliphatic carbocycles. The first kappa shape index (κ1) is 23.9. The Kier molecular flexibility index (Phi) is 7.96. The van der Waals surface area contributed by atoms with E-state index in [0.29, 0.717) is 5.92 Å². The number of hydrogen-bond donors (Lipinski definition) is 3. The van der Waals surface area contributed by atoms with E-state index in [1.807, 2.05) is 43.2 Å². The molecule has 0 aromatic heterocycles. The molecule has 3 aromatic carbocycles. The maximum Gasteiger partial charge on any atom is 0.162 e. The van der Waals surface area contributed by atoms with Crippen LogP contribution in [-0.4, -0.2) is 20.7 Å². The van der Waals surface area contributed by atoms with Crippen molar-refractivity contribution in [2.75, 3.05) is 0 Å². The number of rotatable bonds is 6. The molecule has 2 atom stereocenters. The van der Waals surface area contributed by atoms with Crippen LogP contribution in [0.1, 0.15) is 46.6 Å². The zero-order chi connectivity index (χ0) is 23.1. The largest absolute Gasteiger partial charge is 0.392 e. The van der Waals surface area contributed by atoms with Gasteiger partial charge < -0.3 is 14.5 Å². The van der Waals surface area contributed by atoms with Crippen LogP contribution in [-0.2, 0) is 40.0 Å². The number of carbonyl (C=O) groups is 1. The molecule has 3 N–H and O–H groups in total. The summed E-state index contributed by atoms with van der Waals surface area (Å²) in [6, 6.07) is 22.3.